The minimum absolute atomic E-state index is 0.0708. The maximum Gasteiger partial charge on any atom is 0.279 e. The van der Waals surface area contributed by atoms with E-state index >= 15 is 0 Å². The van der Waals surface area contributed by atoms with E-state index in [0.717, 1.165) is 33.9 Å². The van der Waals surface area contributed by atoms with Crippen molar-refractivity contribution in [1.82, 2.24) is 4.41 Å². The van der Waals surface area contributed by atoms with Gasteiger partial charge in [0.15, 0.2) is 0 Å². The van der Waals surface area contributed by atoms with E-state index in [-0.39, 0.29) is 11.3 Å². The molecule has 3 aromatic rings. The van der Waals surface area contributed by atoms with E-state index in [9.17, 15) is 21.2 Å². The first-order valence-electron chi connectivity index (χ1n) is 10.1. The Bertz CT molecular complexity index is 1420. The number of sulfonamides is 2. The van der Waals surface area contributed by atoms with Crippen LogP contribution in [-0.4, -0.2) is 33.2 Å². The van der Waals surface area contributed by atoms with Gasteiger partial charge in [0.2, 0.25) is 10.0 Å². The highest BCUT2D eigenvalue weighted by molar-refractivity contribution is 7.92. The maximum absolute atomic E-state index is 13.4. The zero-order chi connectivity index (χ0) is 23.8. The van der Waals surface area contributed by atoms with Gasteiger partial charge in [-0.05, 0) is 54.4 Å². The van der Waals surface area contributed by atoms with Gasteiger partial charge in [-0.2, -0.15) is 17.9 Å². The monoisotopic (exact) mass is 487 g/mol. The summed E-state index contributed by atoms with van der Waals surface area (Å²) in [6.07, 6.45) is 1.34. The molecule has 0 unspecified atom stereocenters. The number of hydrogen-bond donors (Lipinski definition) is 1. The summed E-state index contributed by atoms with van der Waals surface area (Å²) in [5.74, 6) is -0.537. The predicted octanol–water partition coefficient (Wildman–Crippen LogP) is 4.05. The van der Waals surface area contributed by atoms with Crippen molar-refractivity contribution in [3.05, 3.63) is 95.3 Å². The molecule has 0 aliphatic carbocycles. The van der Waals surface area contributed by atoms with E-state index in [4.69, 9.17) is 0 Å². The molecule has 10 heteroatoms. The van der Waals surface area contributed by atoms with Crippen LogP contribution in [0.4, 0.5) is 10.1 Å². The Morgan fingerprint density at radius 2 is 1.64 bits per heavy atom. The third-order valence-corrected chi connectivity index (χ3v) is 7.49. The summed E-state index contributed by atoms with van der Waals surface area (Å²) in [7, 11) is -7.55. The van der Waals surface area contributed by atoms with Crippen LogP contribution in [0, 0.1) is 12.7 Å². The fourth-order valence-electron chi connectivity index (χ4n) is 3.61. The summed E-state index contributed by atoms with van der Waals surface area (Å²) < 4.78 is 66.9. The Hall–Kier alpha value is -3.24. The Kier molecular flexibility index (Phi) is 5.98. The average molecular weight is 488 g/mol. The van der Waals surface area contributed by atoms with Crippen molar-refractivity contribution in [1.29, 1.82) is 0 Å². The molecule has 172 valence electrons. The Morgan fingerprint density at radius 3 is 2.27 bits per heavy atom. The Balaban J connectivity index is 1.78. The summed E-state index contributed by atoms with van der Waals surface area (Å²) in [6, 6.07) is 18.1. The first kappa shape index (κ1) is 22.9. The van der Waals surface area contributed by atoms with Crippen LogP contribution in [0.5, 0.6) is 0 Å². The highest BCUT2D eigenvalue weighted by Gasteiger charge is 2.37. The van der Waals surface area contributed by atoms with Crippen molar-refractivity contribution < 1.29 is 21.2 Å². The van der Waals surface area contributed by atoms with Gasteiger partial charge >= 0.3 is 0 Å². The van der Waals surface area contributed by atoms with Gasteiger partial charge in [-0.3, -0.25) is 4.72 Å². The van der Waals surface area contributed by atoms with E-state index in [0.29, 0.717) is 17.0 Å². The van der Waals surface area contributed by atoms with Gasteiger partial charge in [-0.25, -0.2) is 12.8 Å². The molecule has 0 amide bonds. The lowest BCUT2D eigenvalue weighted by Gasteiger charge is -2.23. The minimum atomic E-state index is -4.08. The molecule has 1 atom stereocenters. The van der Waals surface area contributed by atoms with Crippen molar-refractivity contribution in [3.63, 3.8) is 0 Å². The molecule has 33 heavy (non-hydrogen) atoms. The third kappa shape index (κ3) is 5.07. The number of benzene rings is 3. The molecule has 4 rings (SSSR count). The molecule has 0 fully saturated rings. The number of hydrazone groups is 1. The van der Waals surface area contributed by atoms with Gasteiger partial charge in [0, 0.05) is 12.1 Å². The molecule has 3 aromatic carbocycles. The smallest absolute Gasteiger partial charge is 0.279 e. The highest BCUT2D eigenvalue weighted by atomic mass is 32.2. The van der Waals surface area contributed by atoms with Gasteiger partial charge in [0.05, 0.1) is 22.9 Å². The Labute approximate surface area is 192 Å². The lowest BCUT2D eigenvalue weighted by molar-refractivity contribution is 0.371. The zero-order valence-electron chi connectivity index (χ0n) is 17.9. The van der Waals surface area contributed by atoms with Gasteiger partial charge < -0.3 is 0 Å². The fourth-order valence-corrected chi connectivity index (χ4v) is 5.60. The van der Waals surface area contributed by atoms with Crippen LogP contribution in [0.2, 0.25) is 0 Å². The summed E-state index contributed by atoms with van der Waals surface area (Å²) in [6.45, 7) is 1.94. The number of halogens is 1. The van der Waals surface area contributed by atoms with Crippen molar-refractivity contribution in [2.45, 2.75) is 24.3 Å². The third-order valence-electron chi connectivity index (χ3n) is 5.19. The molecule has 0 spiro atoms. The lowest BCUT2D eigenvalue weighted by Crippen LogP contribution is -2.27. The van der Waals surface area contributed by atoms with Gasteiger partial charge in [0.25, 0.3) is 10.0 Å². The summed E-state index contributed by atoms with van der Waals surface area (Å²) >= 11 is 0. The van der Waals surface area contributed by atoms with Crippen molar-refractivity contribution in [3.8, 4) is 0 Å². The largest absolute Gasteiger partial charge is 0.284 e. The van der Waals surface area contributed by atoms with Crippen molar-refractivity contribution in [2.75, 3.05) is 11.0 Å². The first-order valence-corrected chi connectivity index (χ1v) is 13.4. The molecule has 0 aromatic heterocycles. The molecular weight excluding hydrogens is 465 g/mol. The molecule has 7 nitrogen and oxygen atoms in total. The molecule has 0 saturated carbocycles. The van der Waals surface area contributed by atoms with Crippen LogP contribution in [0.3, 0.4) is 0 Å². The standard InChI is InChI=1S/C23H22FN3O4S2/c1-16-6-8-17(9-7-16)23-15-22(18-4-3-5-20(14-18)26-32(2,28)29)25-27(23)33(30,31)21-12-10-19(24)11-13-21/h3-14,23,26H,15H2,1-2H3/t23-/m0/s1. The van der Waals surface area contributed by atoms with Gasteiger partial charge in [-0.1, -0.05) is 42.0 Å². The first-order chi connectivity index (χ1) is 15.5. The summed E-state index contributed by atoms with van der Waals surface area (Å²) in [5.41, 5.74) is 3.23. The molecule has 0 saturated heterocycles. The number of nitrogens with zero attached hydrogens (tertiary/aromatic N) is 2. The topological polar surface area (TPSA) is 95.9 Å². The van der Waals surface area contributed by atoms with Gasteiger partial charge in [0.1, 0.15) is 5.82 Å². The molecule has 1 heterocycles. The molecule has 0 radical (unpaired) electrons. The van der Waals surface area contributed by atoms with Crippen LogP contribution < -0.4 is 4.72 Å². The number of nitrogens with one attached hydrogen (secondary N) is 1. The molecule has 1 N–H and O–H groups in total. The second-order valence-electron chi connectivity index (χ2n) is 7.86. The van der Waals surface area contributed by atoms with E-state index in [1.54, 1.807) is 24.3 Å². The number of aryl methyl sites for hydroxylation is 1. The zero-order valence-corrected chi connectivity index (χ0v) is 19.6. The van der Waals surface area contributed by atoms with Crippen molar-refractivity contribution >= 4 is 31.4 Å². The molecular formula is C23H22FN3O4S2. The van der Waals surface area contributed by atoms with Crippen LogP contribution >= 0.6 is 0 Å². The second-order valence-corrected chi connectivity index (χ2v) is 11.4. The summed E-state index contributed by atoms with van der Waals surface area (Å²) in [5, 5.41) is 4.44. The Morgan fingerprint density at radius 1 is 0.970 bits per heavy atom. The normalized spacial score (nSPS) is 16.5. The number of hydrogen-bond acceptors (Lipinski definition) is 5. The predicted molar refractivity (Wildman–Crippen MR) is 125 cm³/mol. The van der Waals surface area contributed by atoms with Gasteiger partial charge in [-0.15, -0.1) is 0 Å². The SMILES string of the molecule is Cc1ccc([C@@H]2CC(c3cccc(NS(C)(=O)=O)c3)=NN2S(=O)(=O)c2ccc(F)cc2)cc1. The molecule has 1 aliphatic heterocycles. The highest BCUT2D eigenvalue weighted by Crippen LogP contribution is 2.37. The lowest BCUT2D eigenvalue weighted by atomic mass is 9.98. The minimum Gasteiger partial charge on any atom is -0.284 e. The van der Waals surface area contributed by atoms with Crippen LogP contribution in [-0.2, 0) is 20.0 Å². The molecule has 0 bridgehead atoms. The summed E-state index contributed by atoms with van der Waals surface area (Å²) in [4.78, 5) is -0.0708. The maximum atomic E-state index is 13.4. The van der Waals surface area contributed by atoms with Crippen LogP contribution in [0.25, 0.3) is 0 Å². The van der Waals surface area contributed by atoms with Crippen LogP contribution in [0.1, 0.15) is 29.2 Å². The average Bonchev–Trinajstić information content (AvgIpc) is 3.20. The fraction of sp³-hybridized carbons (Fsp3) is 0.174. The van der Waals surface area contributed by atoms with E-state index < -0.39 is 31.9 Å². The van der Waals surface area contributed by atoms with Crippen molar-refractivity contribution in [2.24, 2.45) is 5.10 Å². The van der Waals surface area contributed by atoms with E-state index in [1.807, 2.05) is 31.2 Å². The van der Waals surface area contributed by atoms with E-state index in [2.05, 4.69) is 9.82 Å². The number of anilines is 1. The van der Waals surface area contributed by atoms with Crippen LogP contribution in [0.15, 0.2) is 82.8 Å². The molecule has 1 aliphatic rings. The number of rotatable bonds is 6. The quantitative estimate of drug-likeness (QED) is 0.568. The van der Waals surface area contributed by atoms with E-state index in [1.165, 1.54) is 12.1 Å². The second kappa shape index (κ2) is 8.60.